The van der Waals surface area contributed by atoms with Crippen LogP contribution < -0.4 is 10.3 Å². The molecule has 84 valence electrons. The number of nitrogens with zero attached hydrogens (tertiary/aromatic N) is 2. The average Bonchev–Trinajstić information content (AvgIpc) is 2.78. The average molecular weight is 238 g/mol. The van der Waals surface area contributed by atoms with Crippen LogP contribution in [0.5, 0.6) is 0 Å². The van der Waals surface area contributed by atoms with E-state index in [2.05, 4.69) is 10.4 Å². The molecular weight excluding hydrogens is 226 g/mol. The van der Waals surface area contributed by atoms with Crippen LogP contribution in [0.25, 0.3) is 0 Å². The van der Waals surface area contributed by atoms with E-state index >= 15 is 0 Å². The number of benzene rings is 1. The molecule has 4 nitrogen and oxygen atoms in total. The zero-order valence-corrected chi connectivity index (χ0v) is 9.44. The summed E-state index contributed by atoms with van der Waals surface area (Å²) in [5.41, 5.74) is 1.03. The van der Waals surface area contributed by atoms with Crippen molar-refractivity contribution in [2.24, 2.45) is 5.10 Å². The zero-order chi connectivity index (χ0) is 11.4. The Morgan fingerprint density at radius 3 is 2.88 bits per heavy atom. The molecule has 0 aromatic heterocycles. The molecule has 0 fully saturated rings. The largest absolute Gasteiger partial charge is 0.312 e. The Morgan fingerprint density at radius 1 is 1.44 bits per heavy atom. The number of carbonyl (C=O) groups excluding carboxylic acids is 1. The smallest absolute Gasteiger partial charge is 0.240 e. The minimum atomic E-state index is -0.213. The number of carbonyl (C=O) groups is 1. The third-order valence-electron chi connectivity index (χ3n) is 2.26. The van der Waals surface area contributed by atoms with Gasteiger partial charge in [0.2, 0.25) is 5.91 Å². The molecule has 1 N–H and O–H groups in total. The molecule has 1 heterocycles. The summed E-state index contributed by atoms with van der Waals surface area (Å²) < 4.78 is 0. The summed E-state index contributed by atoms with van der Waals surface area (Å²) in [6, 6.07) is 9.84. The molecule has 1 amide bonds. The van der Waals surface area contributed by atoms with Gasteiger partial charge in [-0.1, -0.05) is 18.2 Å². The molecule has 0 unspecified atom stereocenters. The number of hydrogen-bond acceptors (Lipinski definition) is 3. The minimum absolute atomic E-state index is 0.0373. The number of amides is 1. The standard InChI is InChI=1S/C11H12ClN3O/c12-8-11(16)13-10-6-7-15(14-10)9-4-2-1-3-5-9/h1-5H,6-8H2,(H,13,14,16). The number of anilines is 1. The van der Waals surface area contributed by atoms with Crippen LogP contribution in [0.3, 0.4) is 0 Å². The predicted molar refractivity (Wildman–Crippen MR) is 64.7 cm³/mol. The molecule has 5 heteroatoms. The van der Waals surface area contributed by atoms with Gasteiger partial charge in [-0.2, -0.15) is 5.10 Å². The van der Waals surface area contributed by atoms with E-state index in [4.69, 9.17) is 11.6 Å². The van der Waals surface area contributed by atoms with Crippen molar-refractivity contribution >= 4 is 29.0 Å². The van der Waals surface area contributed by atoms with Crippen molar-refractivity contribution in [1.82, 2.24) is 5.32 Å². The van der Waals surface area contributed by atoms with Gasteiger partial charge in [0.15, 0.2) is 0 Å². The van der Waals surface area contributed by atoms with Crippen LogP contribution in [0.15, 0.2) is 35.4 Å². The van der Waals surface area contributed by atoms with Gasteiger partial charge >= 0.3 is 0 Å². The van der Waals surface area contributed by atoms with E-state index in [1.54, 1.807) is 0 Å². The first-order valence-electron chi connectivity index (χ1n) is 5.05. The highest BCUT2D eigenvalue weighted by molar-refractivity contribution is 6.28. The molecule has 1 aliphatic heterocycles. The highest BCUT2D eigenvalue weighted by Gasteiger charge is 2.16. The van der Waals surface area contributed by atoms with Crippen LogP contribution in [0.2, 0.25) is 0 Å². The second kappa shape index (κ2) is 4.99. The number of hydrogen-bond donors (Lipinski definition) is 1. The summed E-state index contributed by atoms with van der Waals surface area (Å²) >= 11 is 5.40. The van der Waals surface area contributed by atoms with Crippen molar-refractivity contribution in [2.75, 3.05) is 17.4 Å². The van der Waals surface area contributed by atoms with Gasteiger partial charge in [-0.05, 0) is 12.1 Å². The normalized spacial score (nSPS) is 14.8. The molecule has 0 radical (unpaired) electrons. The summed E-state index contributed by atoms with van der Waals surface area (Å²) in [6.07, 6.45) is 0.734. The van der Waals surface area contributed by atoms with Gasteiger partial charge in [-0.15, -0.1) is 11.6 Å². The lowest BCUT2D eigenvalue weighted by Gasteiger charge is -2.12. The van der Waals surface area contributed by atoms with Crippen LogP contribution in [0, 0.1) is 0 Å². The molecule has 1 aromatic carbocycles. The van der Waals surface area contributed by atoms with Crippen LogP contribution in [0.4, 0.5) is 5.69 Å². The third kappa shape index (κ3) is 2.52. The Bertz CT molecular complexity index is 405. The Balaban J connectivity index is 2.03. The highest BCUT2D eigenvalue weighted by Crippen LogP contribution is 2.17. The van der Waals surface area contributed by atoms with E-state index in [1.807, 2.05) is 35.3 Å². The number of rotatable bonds is 2. The van der Waals surface area contributed by atoms with E-state index in [0.29, 0.717) is 5.84 Å². The lowest BCUT2D eigenvalue weighted by molar-refractivity contribution is -0.117. The van der Waals surface area contributed by atoms with Crippen LogP contribution in [0.1, 0.15) is 6.42 Å². The maximum atomic E-state index is 11.1. The summed E-state index contributed by atoms with van der Waals surface area (Å²) in [7, 11) is 0. The predicted octanol–water partition coefficient (Wildman–Crippen LogP) is 1.57. The number of para-hydroxylation sites is 1. The van der Waals surface area contributed by atoms with Gasteiger partial charge in [0, 0.05) is 13.0 Å². The van der Waals surface area contributed by atoms with Gasteiger partial charge in [-0.25, -0.2) is 0 Å². The molecule has 1 aliphatic rings. The molecule has 0 bridgehead atoms. The van der Waals surface area contributed by atoms with Gasteiger partial charge in [-0.3, -0.25) is 9.80 Å². The summed E-state index contributed by atoms with van der Waals surface area (Å²) in [6.45, 7) is 0.780. The SMILES string of the molecule is O=C(CCl)NC1=NN(c2ccccc2)CC1. The molecule has 1 aromatic rings. The van der Waals surface area contributed by atoms with E-state index in [9.17, 15) is 4.79 Å². The molecule has 0 saturated heterocycles. The first-order valence-corrected chi connectivity index (χ1v) is 5.59. The van der Waals surface area contributed by atoms with Crippen LogP contribution >= 0.6 is 11.6 Å². The maximum absolute atomic E-state index is 11.1. The topological polar surface area (TPSA) is 44.7 Å². The van der Waals surface area contributed by atoms with E-state index in [1.165, 1.54) is 0 Å². The molecule has 0 saturated carbocycles. The van der Waals surface area contributed by atoms with Crippen molar-refractivity contribution in [2.45, 2.75) is 6.42 Å². The van der Waals surface area contributed by atoms with E-state index < -0.39 is 0 Å². The highest BCUT2D eigenvalue weighted by atomic mass is 35.5. The Morgan fingerprint density at radius 2 is 2.19 bits per heavy atom. The van der Waals surface area contributed by atoms with Gasteiger partial charge in [0.1, 0.15) is 11.7 Å². The first kappa shape index (κ1) is 11.0. The monoisotopic (exact) mass is 237 g/mol. The summed E-state index contributed by atoms with van der Waals surface area (Å²) in [5.74, 6) is 0.425. The lowest BCUT2D eigenvalue weighted by atomic mass is 10.3. The fourth-order valence-electron chi connectivity index (χ4n) is 1.53. The van der Waals surface area contributed by atoms with E-state index in [0.717, 1.165) is 18.7 Å². The molecule has 0 aliphatic carbocycles. The molecule has 2 rings (SSSR count). The number of amidine groups is 1. The lowest BCUT2D eigenvalue weighted by Crippen LogP contribution is -2.30. The number of alkyl halides is 1. The Kier molecular flexibility index (Phi) is 3.41. The summed E-state index contributed by atoms with van der Waals surface area (Å²) in [5, 5.41) is 8.84. The first-order chi connectivity index (χ1) is 7.79. The number of halogens is 1. The van der Waals surface area contributed by atoms with Gasteiger partial charge < -0.3 is 5.32 Å². The van der Waals surface area contributed by atoms with Crippen molar-refractivity contribution in [3.63, 3.8) is 0 Å². The molecule has 16 heavy (non-hydrogen) atoms. The van der Waals surface area contributed by atoms with Crippen molar-refractivity contribution < 1.29 is 4.79 Å². The second-order valence-electron chi connectivity index (χ2n) is 3.44. The molecule has 0 atom stereocenters. The maximum Gasteiger partial charge on any atom is 0.240 e. The fraction of sp³-hybridized carbons (Fsp3) is 0.273. The third-order valence-corrected chi connectivity index (χ3v) is 2.50. The Labute approximate surface area is 98.9 Å². The van der Waals surface area contributed by atoms with Gasteiger partial charge in [0.05, 0.1) is 5.69 Å². The van der Waals surface area contributed by atoms with E-state index in [-0.39, 0.29) is 11.8 Å². The quantitative estimate of drug-likeness (QED) is 0.794. The molecule has 0 spiro atoms. The zero-order valence-electron chi connectivity index (χ0n) is 8.69. The second-order valence-corrected chi connectivity index (χ2v) is 3.70. The minimum Gasteiger partial charge on any atom is -0.312 e. The molecular formula is C11H12ClN3O. The summed E-state index contributed by atoms with van der Waals surface area (Å²) in [4.78, 5) is 11.1. The van der Waals surface area contributed by atoms with Crippen LogP contribution in [-0.4, -0.2) is 24.2 Å². The van der Waals surface area contributed by atoms with Crippen molar-refractivity contribution in [3.8, 4) is 0 Å². The van der Waals surface area contributed by atoms with Crippen LogP contribution in [-0.2, 0) is 4.79 Å². The Hall–Kier alpha value is -1.55. The van der Waals surface area contributed by atoms with Crippen molar-refractivity contribution in [1.29, 1.82) is 0 Å². The van der Waals surface area contributed by atoms with Gasteiger partial charge in [0.25, 0.3) is 0 Å². The number of nitrogens with one attached hydrogen (secondary N) is 1. The fourth-order valence-corrected chi connectivity index (χ4v) is 1.59. The van der Waals surface area contributed by atoms with Crippen molar-refractivity contribution in [3.05, 3.63) is 30.3 Å². The number of hydrazone groups is 1.